The molecule has 0 bridgehead atoms. The lowest BCUT2D eigenvalue weighted by Gasteiger charge is -2.25. The average molecular weight is 193 g/mol. The lowest BCUT2D eigenvalue weighted by Crippen LogP contribution is -2.29. The molecular formula is C9H15N5. The molecule has 0 fully saturated rings. The monoisotopic (exact) mass is 193 g/mol. The van der Waals surface area contributed by atoms with E-state index in [1.165, 1.54) is 5.56 Å². The highest BCUT2D eigenvalue weighted by atomic mass is 15.1. The highest BCUT2D eigenvalue weighted by Gasteiger charge is 2.18. The van der Waals surface area contributed by atoms with Crippen LogP contribution in [0.15, 0.2) is 0 Å². The normalized spacial score (nSPS) is 16.7. The predicted octanol–water partition coefficient (Wildman–Crippen LogP) is -0.495. The van der Waals surface area contributed by atoms with Crippen molar-refractivity contribution in [2.45, 2.75) is 19.5 Å². The first-order valence-corrected chi connectivity index (χ1v) is 4.73. The Morgan fingerprint density at radius 3 is 2.93 bits per heavy atom. The van der Waals surface area contributed by atoms with Crippen molar-refractivity contribution in [3.63, 3.8) is 0 Å². The van der Waals surface area contributed by atoms with Gasteiger partial charge in [0.15, 0.2) is 0 Å². The first-order valence-electron chi connectivity index (χ1n) is 4.73. The Morgan fingerprint density at radius 1 is 1.43 bits per heavy atom. The minimum atomic E-state index is 0.333. The standard InChI is InChI=1S/C9H15N5/c1-14-3-2-6-7(4-10)12-9(11)13-8(6)5-14/h2-5,10H2,1H3,(H2,11,12,13). The summed E-state index contributed by atoms with van der Waals surface area (Å²) >= 11 is 0. The molecule has 1 aromatic heterocycles. The Balaban J connectivity index is 2.46. The van der Waals surface area contributed by atoms with Crippen molar-refractivity contribution < 1.29 is 0 Å². The van der Waals surface area contributed by atoms with E-state index in [0.29, 0.717) is 12.5 Å². The maximum atomic E-state index is 5.62. The third-order valence-electron chi connectivity index (χ3n) is 2.55. The van der Waals surface area contributed by atoms with E-state index >= 15 is 0 Å². The quantitative estimate of drug-likeness (QED) is 0.628. The van der Waals surface area contributed by atoms with Gasteiger partial charge in [-0.1, -0.05) is 0 Å². The van der Waals surface area contributed by atoms with Crippen molar-refractivity contribution in [3.05, 3.63) is 17.0 Å². The molecule has 76 valence electrons. The summed E-state index contributed by atoms with van der Waals surface area (Å²) < 4.78 is 0. The topological polar surface area (TPSA) is 81.1 Å². The molecule has 2 heterocycles. The van der Waals surface area contributed by atoms with Crippen LogP contribution in [-0.4, -0.2) is 28.5 Å². The summed E-state index contributed by atoms with van der Waals surface area (Å²) in [4.78, 5) is 10.6. The summed E-state index contributed by atoms with van der Waals surface area (Å²) in [5.41, 5.74) is 14.4. The van der Waals surface area contributed by atoms with Crippen LogP contribution in [0, 0.1) is 0 Å². The molecule has 0 saturated carbocycles. The number of rotatable bonds is 1. The number of nitrogen functional groups attached to an aromatic ring is 1. The molecule has 1 aliphatic heterocycles. The molecule has 0 aliphatic carbocycles. The molecule has 2 rings (SSSR count). The average Bonchev–Trinajstić information content (AvgIpc) is 2.15. The second-order valence-corrected chi connectivity index (χ2v) is 3.65. The summed E-state index contributed by atoms with van der Waals surface area (Å²) in [5.74, 6) is 0.333. The molecule has 5 nitrogen and oxygen atoms in total. The van der Waals surface area contributed by atoms with Crippen molar-refractivity contribution in [1.29, 1.82) is 0 Å². The molecule has 0 unspecified atom stereocenters. The van der Waals surface area contributed by atoms with Crippen molar-refractivity contribution in [2.24, 2.45) is 5.73 Å². The zero-order chi connectivity index (χ0) is 10.1. The summed E-state index contributed by atoms with van der Waals surface area (Å²) in [5, 5.41) is 0. The van der Waals surface area contributed by atoms with E-state index in [1.807, 2.05) is 0 Å². The zero-order valence-electron chi connectivity index (χ0n) is 8.32. The first-order chi connectivity index (χ1) is 6.70. The highest BCUT2D eigenvalue weighted by Crippen LogP contribution is 2.19. The van der Waals surface area contributed by atoms with Crippen molar-refractivity contribution in [1.82, 2.24) is 14.9 Å². The SMILES string of the molecule is CN1CCc2c(CN)nc(N)nc2C1. The van der Waals surface area contributed by atoms with Crippen LogP contribution >= 0.6 is 0 Å². The minimum absolute atomic E-state index is 0.333. The summed E-state index contributed by atoms with van der Waals surface area (Å²) in [6.07, 6.45) is 0.971. The van der Waals surface area contributed by atoms with E-state index < -0.39 is 0 Å². The number of likely N-dealkylation sites (N-methyl/N-ethyl adjacent to an activating group) is 1. The summed E-state index contributed by atoms with van der Waals surface area (Å²) in [6, 6.07) is 0. The molecular weight excluding hydrogens is 178 g/mol. The van der Waals surface area contributed by atoms with Gasteiger partial charge in [-0.3, -0.25) is 0 Å². The first kappa shape index (κ1) is 9.36. The Labute approximate surface area is 83.1 Å². The van der Waals surface area contributed by atoms with Crippen LogP contribution in [0.2, 0.25) is 0 Å². The lowest BCUT2D eigenvalue weighted by atomic mass is 10.0. The van der Waals surface area contributed by atoms with Crippen LogP contribution in [0.25, 0.3) is 0 Å². The van der Waals surface area contributed by atoms with Crippen LogP contribution in [0.1, 0.15) is 17.0 Å². The molecule has 0 radical (unpaired) electrons. The van der Waals surface area contributed by atoms with E-state index in [-0.39, 0.29) is 0 Å². The van der Waals surface area contributed by atoms with Gasteiger partial charge in [-0.05, 0) is 19.0 Å². The minimum Gasteiger partial charge on any atom is -0.368 e. The fourth-order valence-corrected chi connectivity index (χ4v) is 1.83. The van der Waals surface area contributed by atoms with Gasteiger partial charge in [0, 0.05) is 19.6 Å². The molecule has 1 aliphatic rings. The number of fused-ring (bicyclic) bond motifs is 1. The molecule has 0 aromatic carbocycles. The Kier molecular flexibility index (Phi) is 2.35. The second-order valence-electron chi connectivity index (χ2n) is 3.65. The van der Waals surface area contributed by atoms with Crippen LogP contribution < -0.4 is 11.5 Å². The summed E-state index contributed by atoms with van der Waals surface area (Å²) in [7, 11) is 2.07. The molecule has 0 amide bonds. The maximum Gasteiger partial charge on any atom is 0.220 e. The van der Waals surface area contributed by atoms with Gasteiger partial charge in [-0.15, -0.1) is 0 Å². The van der Waals surface area contributed by atoms with Crippen LogP contribution in [0.3, 0.4) is 0 Å². The number of anilines is 1. The number of hydrogen-bond acceptors (Lipinski definition) is 5. The van der Waals surface area contributed by atoms with Gasteiger partial charge in [0.25, 0.3) is 0 Å². The van der Waals surface area contributed by atoms with Crippen molar-refractivity contribution in [3.8, 4) is 0 Å². The van der Waals surface area contributed by atoms with E-state index in [1.54, 1.807) is 0 Å². The molecule has 0 atom stereocenters. The number of hydrogen-bond donors (Lipinski definition) is 2. The largest absolute Gasteiger partial charge is 0.368 e. The van der Waals surface area contributed by atoms with Crippen LogP contribution in [0.5, 0.6) is 0 Å². The van der Waals surface area contributed by atoms with Gasteiger partial charge in [0.1, 0.15) is 0 Å². The zero-order valence-corrected chi connectivity index (χ0v) is 8.32. The van der Waals surface area contributed by atoms with Gasteiger partial charge in [-0.25, -0.2) is 9.97 Å². The van der Waals surface area contributed by atoms with E-state index in [9.17, 15) is 0 Å². The fourth-order valence-electron chi connectivity index (χ4n) is 1.83. The van der Waals surface area contributed by atoms with Gasteiger partial charge in [0.05, 0.1) is 11.4 Å². The Bertz CT molecular complexity index is 349. The molecule has 0 saturated heterocycles. The lowest BCUT2D eigenvalue weighted by molar-refractivity contribution is 0.306. The third-order valence-corrected chi connectivity index (χ3v) is 2.55. The molecule has 0 spiro atoms. The number of nitrogens with zero attached hydrogens (tertiary/aromatic N) is 3. The van der Waals surface area contributed by atoms with Gasteiger partial charge in [0.2, 0.25) is 5.95 Å². The van der Waals surface area contributed by atoms with Crippen molar-refractivity contribution >= 4 is 5.95 Å². The Morgan fingerprint density at radius 2 is 2.21 bits per heavy atom. The van der Waals surface area contributed by atoms with Crippen LogP contribution in [0.4, 0.5) is 5.95 Å². The van der Waals surface area contributed by atoms with Gasteiger partial charge in [-0.2, -0.15) is 0 Å². The smallest absolute Gasteiger partial charge is 0.220 e. The van der Waals surface area contributed by atoms with E-state index in [4.69, 9.17) is 11.5 Å². The number of aromatic nitrogens is 2. The van der Waals surface area contributed by atoms with Crippen molar-refractivity contribution in [2.75, 3.05) is 19.3 Å². The highest BCUT2D eigenvalue weighted by molar-refractivity contribution is 5.33. The third kappa shape index (κ3) is 1.56. The molecule has 5 heteroatoms. The number of nitrogens with two attached hydrogens (primary N) is 2. The van der Waals surface area contributed by atoms with E-state index in [0.717, 1.165) is 30.9 Å². The predicted molar refractivity (Wildman–Crippen MR) is 54.4 cm³/mol. The van der Waals surface area contributed by atoms with E-state index in [2.05, 4.69) is 21.9 Å². The fraction of sp³-hybridized carbons (Fsp3) is 0.556. The second kappa shape index (κ2) is 3.51. The Hall–Kier alpha value is -1.20. The maximum absolute atomic E-state index is 5.62. The molecule has 1 aromatic rings. The molecule has 14 heavy (non-hydrogen) atoms. The molecule has 4 N–H and O–H groups in total. The van der Waals surface area contributed by atoms with Crippen LogP contribution in [-0.2, 0) is 19.5 Å². The van der Waals surface area contributed by atoms with Gasteiger partial charge >= 0.3 is 0 Å². The van der Waals surface area contributed by atoms with Gasteiger partial charge < -0.3 is 16.4 Å². The summed E-state index contributed by atoms with van der Waals surface area (Å²) in [6.45, 7) is 2.32.